The zero-order valence-electron chi connectivity index (χ0n) is 24.0. The van der Waals surface area contributed by atoms with Crippen LogP contribution in [0.25, 0.3) is 0 Å². The second-order valence-corrected chi connectivity index (χ2v) is 10.3. The van der Waals surface area contributed by atoms with Crippen LogP contribution in [0.5, 0.6) is 11.6 Å². The first-order valence-electron chi connectivity index (χ1n) is 13.6. The van der Waals surface area contributed by atoms with Gasteiger partial charge in [-0.15, -0.1) is 0 Å². The molecule has 10 nitrogen and oxygen atoms in total. The first-order valence-corrected chi connectivity index (χ1v) is 13.6. The summed E-state index contributed by atoms with van der Waals surface area (Å²) < 4.78 is 92.3. The number of amides is 1. The molecular formula is C29H28F6N6O4. The van der Waals surface area contributed by atoms with Crippen LogP contribution in [0.4, 0.5) is 36.8 Å². The maximum atomic E-state index is 13.6. The van der Waals surface area contributed by atoms with Gasteiger partial charge in [0.25, 0.3) is 0 Å². The Balaban J connectivity index is 1.85. The second-order valence-electron chi connectivity index (χ2n) is 10.3. The van der Waals surface area contributed by atoms with Crippen LogP contribution in [0.3, 0.4) is 0 Å². The third-order valence-corrected chi connectivity index (χ3v) is 7.42. The Morgan fingerprint density at radius 1 is 1.16 bits per heavy atom. The summed E-state index contributed by atoms with van der Waals surface area (Å²) in [5, 5.41) is 19.0. The summed E-state index contributed by atoms with van der Waals surface area (Å²) in [6, 6.07) is 6.13. The molecule has 16 heteroatoms. The van der Waals surface area contributed by atoms with Crippen molar-refractivity contribution in [2.24, 2.45) is 5.73 Å². The highest BCUT2D eigenvalue weighted by molar-refractivity contribution is 5.89. The zero-order valence-corrected chi connectivity index (χ0v) is 24.0. The van der Waals surface area contributed by atoms with Gasteiger partial charge in [0.15, 0.2) is 5.75 Å². The molecule has 0 fully saturated rings. The van der Waals surface area contributed by atoms with E-state index in [-0.39, 0.29) is 72.8 Å². The molecule has 1 amide bonds. The van der Waals surface area contributed by atoms with E-state index >= 15 is 0 Å². The number of methoxy groups -OCH3 is 1. The second kappa shape index (κ2) is 12.8. The number of hydrogen-bond acceptors (Lipinski definition) is 8. The van der Waals surface area contributed by atoms with Crippen molar-refractivity contribution in [2.75, 3.05) is 18.6 Å². The number of unbranched alkanes of at least 4 members (excludes halogenated alkanes) is 1. The number of ether oxygens (including phenoxy) is 2. The van der Waals surface area contributed by atoms with Crippen molar-refractivity contribution in [1.29, 1.82) is 5.26 Å². The molecule has 3 N–H and O–H groups in total. The van der Waals surface area contributed by atoms with Crippen LogP contribution in [0.1, 0.15) is 66.0 Å². The smallest absolute Gasteiger partial charge is 0.416 e. The molecular weight excluding hydrogens is 610 g/mol. The summed E-state index contributed by atoms with van der Waals surface area (Å²) in [5.74, 6) is -0.813. The minimum atomic E-state index is -5.06. The van der Waals surface area contributed by atoms with Gasteiger partial charge in [0.05, 0.1) is 60.1 Å². The predicted octanol–water partition coefficient (Wildman–Crippen LogP) is 6.08. The number of benzene rings is 1. The topological polar surface area (TPSA) is 147 Å². The van der Waals surface area contributed by atoms with Crippen molar-refractivity contribution < 1.29 is 45.7 Å². The van der Waals surface area contributed by atoms with Crippen molar-refractivity contribution in [3.63, 3.8) is 0 Å². The molecule has 2 atom stereocenters. The molecule has 2 aromatic heterocycles. The third-order valence-electron chi connectivity index (χ3n) is 7.42. The maximum absolute atomic E-state index is 13.6. The van der Waals surface area contributed by atoms with Crippen LogP contribution in [0.2, 0.25) is 0 Å². The Kier molecular flexibility index (Phi) is 9.43. The van der Waals surface area contributed by atoms with E-state index < -0.39 is 47.6 Å². The molecule has 2 unspecified atom stereocenters. The lowest BCUT2D eigenvalue weighted by molar-refractivity contribution is -0.143. The van der Waals surface area contributed by atoms with Gasteiger partial charge in [0.2, 0.25) is 5.88 Å². The van der Waals surface area contributed by atoms with Gasteiger partial charge in [0, 0.05) is 25.3 Å². The van der Waals surface area contributed by atoms with Gasteiger partial charge in [-0.3, -0.25) is 4.90 Å². The number of pyridine rings is 1. The van der Waals surface area contributed by atoms with Crippen molar-refractivity contribution in [3.05, 3.63) is 70.4 Å². The average Bonchev–Trinajstić information content (AvgIpc) is 2.98. The Morgan fingerprint density at radius 2 is 1.82 bits per heavy atom. The Bertz CT molecular complexity index is 1580. The first kappa shape index (κ1) is 33.2. The normalized spacial score (nSPS) is 18.2. The van der Waals surface area contributed by atoms with E-state index in [1.54, 1.807) is 6.92 Å². The molecule has 1 aliphatic rings. The number of hydrogen-bond donors (Lipinski definition) is 2. The van der Waals surface area contributed by atoms with Gasteiger partial charge in [-0.25, -0.2) is 19.7 Å². The number of nitriles is 1. The number of anilines is 1. The molecule has 0 saturated heterocycles. The van der Waals surface area contributed by atoms with E-state index in [0.29, 0.717) is 17.8 Å². The van der Waals surface area contributed by atoms with Crippen molar-refractivity contribution >= 4 is 11.8 Å². The van der Waals surface area contributed by atoms with E-state index in [1.807, 2.05) is 6.07 Å². The summed E-state index contributed by atoms with van der Waals surface area (Å²) in [6.07, 6.45) is -10.3. The summed E-state index contributed by atoms with van der Waals surface area (Å²) in [6.45, 7) is 1.64. The molecule has 1 aromatic carbocycles. The van der Waals surface area contributed by atoms with Crippen LogP contribution in [-0.2, 0) is 25.2 Å². The third kappa shape index (κ3) is 7.03. The fourth-order valence-electron chi connectivity index (χ4n) is 5.18. The number of aromatic nitrogens is 3. The molecule has 0 aliphatic carbocycles. The first-order chi connectivity index (χ1) is 21.1. The molecule has 0 bridgehead atoms. The minimum absolute atomic E-state index is 0.0112. The fourth-order valence-corrected chi connectivity index (χ4v) is 5.18. The average molecular weight is 639 g/mol. The predicted molar refractivity (Wildman–Crippen MR) is 147 cm³/mol. The number of alkyl halides is 6. The van der Waals surface area contributed by atoms with Crippen LogP contribution in [0, 0.1) is 11.3 Å². The van der Waals surface area contributed by atoms with Crippen molar-refractivity contribution in [2.45, 2.75) is 63.0 Å². The highest BCUT2D eigenvalue weighted by Crippen LogP contribution is 2.44. The standard InChI is InChI=1S/C29H28F6N6O4/c1-3-27(37)19(14-20-22(41(27)26(42)43)6-7-24(39-20)44-2)25-38-15-23(45-9-5-4-8-36)21(40-25)12-16-10-17(28(30,31)32)13-18(11-16)29(33,34)35/h6-7,10-11,13,15,19H,3-5,9,12,14,37H2,1-2H3,(H,42,43). The van der Waals surface area contributed by atoms with Crippen LogP contribution in [0.15, 0.2) is 36.5 Å². The summed E-state index contributed by atoms with van der Waals surface area (Å²) in [7, 11) is 1.38. The lowest BCUT2D eigenvalue weighted by Crippen LogP contribution is -2.64. The number of carboxylic acid groups (broad SMARTS) is 1. The lowest BCUT2D eigenvalue weighted by atomic mass is 9.80. The molecule has 0 saturated carbocycles. The van der Waals surface area contributed by atoms with Crippen LogP contribution >= 0.6 is 0 Å². The molecule has 0 spiro atoms. The number of fused-ring (bicyclic) bond motifs is 1. The van der Waals surface area contributed by atoms with Crippen molar-refractivity contribution in [1.82, 2.24) is 15.0 Å². The van der Waals surface area contributed by atoms with E-state index in [9.17, 15) is 36.2 Å². The molecule has 240 valence electrons. The summed E-state index contributed by atoms with van der Waals surface area (Å²) in [4.78, 5) is 26.7. The molecule has 3 heterocycles. The highest BCUT2D eigenvalue weighted by atomic mass is 19.4. The van der Waals surface area contributed by atoms with Crippen LogP contribution < -0.4 is 20.1 Å². The summed E-state index contributed by atoms with van der Waals surface area (Å²) in [5.41, 5.74) is 2.23. The Morgan fingerprint density at radius 3 is 2.38 bits per heavy atom. The van der Waals surface area contributed by atoms with Crippen LogP contribution in [-0.4, -0.2) is 45.5 Å². The number of nitrogens with two attached hydrogens (primary N) is 1. The van der Waals surface area contributed by atoms with Gasteiger partial charge in [0.1, 0.15) is 11.5 Å². The minimum Gasteiger partial charge on any atom is -0.490 e. The molecule has 1 aliphatic heterocycles. The van der Waals surface area contributed by atoms with E-state index in [0.717, 1.165) is 4.90 Å². The summed E-state index contributed by atoms with van der Waals surface area (Å²) >= 11 is 0. The molecule has 45 heavy (non-hydrogen) atoms. The van der Waals surface area contributed by atoms with E-state index in [1.165, 1.54) is 25.4 Å². The van der Waals surface area contributed by atoms with E-state index in [4.69, 9.17) is 20.5 Å². The highest BCUT2D eigenvalue weighted by Gasteiger charge is 2.50. The van der Waals surface area contributed by atoms with Gasteiger partial charge in [-0.05, 0) is 42.7 Å². The van der Waals surface area contributed by atoms with Gasteiger partial charge >= 0.3 is 18.4 Å². The Hall–Kier alpha value is -4.65. The maximum Gasteiger partial charge on any atom is 0.416 e. The monoisotopic (exact) mass is 638 g/mol. The Labute approximate surface area is 253 Å². The van der Waals surface area contributed by atoms with Gasteiger partial charge in [-0.2, -0.15) is 31.6 Å². The lowest BCUT2D eigenvalue weighted by Gasteiger charge is -2.47. The quantitative estimate of drug-likeness (QED) is 0.210. The molecule has 3 aromatic rings. The largest absolute Gasteiger partial charge is 0.490 e. The fraction of sp³-hybridized carbons (Fsp3) is 0.414. The zero-order chi connectivity index (χ0) is 33.2. The van der Waals surface area contributed by atoms with Crippen molar-refractivity contribution in [3.8, 4) is 17.7 Å². The van der Waals surface area contributed by atoms with Gasteiger partial charge in [-0.1, -0.05) is 6.92 Å². The van der Waals surface area contributed by atoms with Gasteiger partial charge < -0.3 is 20.3 Å². The van der Waals surface area contributed by atoms with E-state index in [2.05, 4.69) is 15.0 Å². The molecule has 0 radical (unpaired) electrons. The SMILES string of the molecule is CCC1(N)C(c2ncc(OCCCC#N)c(Cc3cc(C(F)(F)F)cc(C(F)(F)F)c3)n2)Cc2nc(OC)ccc2N1C(=O)O. The molecule has 4 rings (SSSR count). The number of rotatable bonds is 9. The number of carbonyl (C=O) groups is 1. The number of nitrogens with zero attached hydrogens (tertiary/aromatic N) is 5. The number of halogens is 6.